The molecule has 1 atom stereocenters. The molecule has 0 radical (unpaired) electrons. The molecule has 8 nitrogen and oxygen atoms in total. The third kappa shape index (κ3) is 5.99. The minimum absolute atomic E-state index is 0.0447. The third-order valence-electron chi connectivity index (χ3n) is 6.94. The molecule has 3 fully saturated rings. The molecule has 174 valence electrons. The molecule has 0 aromatic carbocycles. The summed E-state index contributed by atoms with van der Waals surface area (Å²) in [5.41, 5.74) is 1.43. The van der Waals surface area contributed by atoms with Crippen molar-refractivity contribution in [3.8, 4) is 0 Å². The summed E-state index contributed by atoms with van der Waals surface area (Å²) in [6, 6.07) is 0. The Bertz CT molecular complexity index is 709. The van der Waals surface area contributed by atoms with Gasteiger partial charge in [0.15, 0.2) is 5.96 Å². The van der Waals surface area contributed by atoms with E-state index in [9.17, 15) is 0 Å². The number of aryl methyl sites for hydroxylation is 1. The van der Waals surface area contributed by atoms with Crippen molar-refractivity contribution in [1.82, 2.24) is 24.9 Å². The summed E-state index contributed by atoms with van der Waals surface area (Å²) >= 11 is 0. The lowest BCUT2D eigenvalue weighted by Crippen LogP contribution is -2.49. The molecule has 2 aliphatic heterocycles. The van der Waals surface area contributed by atoms with Gasteiger partial charge in [-0.05, 0) is 19.8 Å². The average Bonchev–Trinajstić information content (AvgIpc) is 3.24. The molecule has 1 saturated carbocycles. The van der Waals surface area contributed by atoms with E-state index in [1.165, 1.54) is 32.1 Å². The van der Waals surface area contributed by atoms with Crippen molar-refractivity contribution in [2.75, 3.05) is 65.6 Å². The molecule has 1 aliphatic carbocycles. The topological polar surface area (TPSA) is 67.2 Å². The molecule has 0 bridgehead atoms. The normalized spacial score (nSPS) is 25.5. The third-order valence-corrected chi connectivity index (χ3v) is 6.94. The Morgan fingerprint density at radius 3 is 2.71 bits per heavy atom. The Morgan fingerprint density at radius 2 is 2.00 bits per heavy atom. The van der Waals surface area contributed by atoms with E-state index in [0.29, 0.717) is 12.0 Å². The summed E-state index contributed by atoms with van der Waals surface area (Å²) in [7, 11) is 1.95. The van der Waals surface area contributed by atoms with Gasteiger partial charge in [0.25, 0.3) is 0 Å². The Labute approximate surface area is 187 Å². The lowest BCUT2D eigenvalue weighted by atomic mass is 9.73. The van der Waals surface area contributed by atoms with Crippen LogP contribution in [0.4, 0.5) is 0 Å². The van der Waals surface area contributed by atoms with Crippen LogP contribution in [0.5, 0.6) is 0 Å². The molecule has 1 unspecified atom stereocenters. The molecular formula is C23H40N6O2. The number of rotatable bonds is 6. The standard InChI is InChI=1S/C23H40N6O2/c1-3-24-22(29-11-14-31-21(17-29)20-15-26-27(2)16-20)25-18-23(7-5-4-6-8-23)19-28-9-12-30-13-10-28/h15-16,21H,3-14,17-19H2,1-2H3,(H,24,25). The van der Waals surface area contributed by atoms with Crippen LogP contribution < -0.4 is 5.32 Å². The zero-order valence-electron chi connectivity index (χ0n) is 19.4. The van der Waals surface area contributed by atoms with Gasteiger partial charge in [-0.25, -0.2) is 0 Å². The van der Waals surface area contributed by atoms with Crippen LogP contribution in [0.25, 0.3) is 0 Å². The van der Waals surface area contributed by atoms with E-state index in [4.69, 9.17) is 14.5 Å². The highest BCUT2D eigenvalue weighted by Crippen LogP contribution is 2.38. The van der Waals surface area contributed by atoms with Crippen molar-refractivity contribution in [3.05, 3.63) is 18.0 Å². The van der Waals surface area contributed by atoms with E-state index in [-0.39, 0.29) is 6.10 Å². The number of nitrogens with zero attached hydrogens (tertiary/aromatic N) is 5. The first-order valence-electron chi connectivity index (χ1n) is 12.1. The Hall–Kier alpha value is -1.64. The lowest BCUT2D eigenvalue weighted by molar-refractivity contribution is -0.00840. The van der Waals surface area contributed by atoms with Crippen molar-refractivity contribution < 1.29 is 9.47 Å². The largest absolute Gasteiger partial charge is 0.379 e. The molecule has 31 heavy (non-hydrogen) atoms. The second-order valence-corrected chi connectivity index (χ2v) is 9.37. The zero-order valence-corrected chi connectivity index (χ0v) is 19.4. The SMILES string of the molecule is CCNC(=NCC1(CN2CCOCC2)CCCCC1)N1CCOC(c2cnn(C)c2)C1. The van der Waals surface area contributed by atoms with E-state index >= 15 is 0 Å². The van der Waals surface area contributed by atoms with Crippen LogP contribution in [0.15, 0.2) is 17.4 Å². The van der Waals surface area contributed by atoms with E-state index in [1.807, 2.05) is 17.9 Å². The molecule has 0 amide bonds. The first kappa shape index (κ1) is 22.6. The number of aliphatic imine (C=N–C) groups is 1. The van der Waals surface area contributed by atoms with E-state index in [0.717, 1.165) is 70.6 Å². The van der Waals surface area contributed by atoms with Gasteiger partial charge in [0.2, 0.25) is 0 Å². The van der Waals surface area contributed by atoms with E-state index in [1.54, 1.807) is 0 Å². The predicted octanol–water partition coefficient (Wildman–Crippen LogP) is 2.04. The van der Waals surface area contributed by atoms with Gasteiger partial charge in [-0.2, -0.15) is 5.10 Å². The quantitative estimate of drug-likeness (QED) is 0.548. The molecule has 1 aromatic rings. The summed E-state index contributed by atoms with van der Waals surface area (Å²) in [5.74, 6) is 1.03. The van der Waals surface area contributed by atoms with Gasteiger partial charge in [-0.15, -0.1) is 0 Å². The lowest BCUT2D eigenvalue weighted by Gasteiger charge is -2.42. The van der Waals surface area contributed by atoms with Crippen molar-refractivity contribution in [3.63, 3.8) is 0 Å². The number of morpholine rings is 2. The molecule has 4 rings (SSSR count). The fourth-order valence-electron chi connectivity index (χ4n) is 5.22. The second kappa shape index (κ2) is 10.8. The van der Waals surface area contributed by atoms with Crippen molar-refractivity contribution in [2.24, 2.45) is 17.5 Å². The zero-order chi connectivity index (χ0) is 21.5. The van der Waals surface area contributed by atoms with Gasteiger partial charge < -0.3 is 19.7 Å². The summed E-state index contributed by atoms with van der Waals surface area (Å²) in [6.45, 7) is 11.3. The van der Waals surface area contributed by atoms with Crippen LogP contribution >= 0.6 is 0 Å². The predicted molar refractivity (Wildman–Crippen MR) is 122 cm³/mol. The number of ether oxygens (including phenoxy) is 2. The minimum Gasteiger partial charge on any atom is -0.379 e. The maximum atomic E-state index is 6.05. The molecular weight excluding hydrogens is 392 g/mol. The van der Waals surface area contributed by atoms with Crippen molar-refractivity contribution in [2.45, 2.75) is 45.1 Å². The van der Waals surface area contributed by atoms with Crippen molar-refractivity contribution in [1.29, 1.82) is 0 Å². The maximum Gasteiger partial charge on any atom is 0.194 e. The average molecular weight is 433 g/mol. The maximum absolute atomic E-state index is 6.05. The fraction of sp³-hybridized carbons (Fsp3) is 0.826. The molecule has 3 aliphatic rings. The summed E-state index contributed by atoms with van der Waals surface area (Å²) in [5, 5.41) is 7.87. The monoisotopic (exact) mass is 432 g/mol. The van der Waals surface area contributed by atoms with Crippen molar-refractivity contribution >= 4 is 5.96 Å². The Morgan fingerprint density at radius 1 is 1.19 bits per heavy atom. The Balaban J connectivity index is 1.45. The van der Waals surface area contributed by atoms with E-state index in [2.05, 4.69) is 33.3 Å². The number of aromatic nitrogens is 2. The molecule has 3 heterocycles. The first-order valence-corrected chi connectivity index (χ1v) is 12.1. The highest BCUT2D eigenvalue weighted by molar-refractivity contribution is 5.80. The fourth-order valence-corrected chi connectivity index (χ4v) is 5.22. The first-order chi connectivity index (χ1) is 15.2. The van der Waals surface area contributed by atoms with Crippen LogP contribution in [0.1, 0.15) is 50.7 Å². The van der Waals surface area contributed by atoms with Crippen LogP contribution in [-0.2, 0) is 16.5 Å². The summed E-state index contributed by atoms with van der Waals surface area (Å²) in [4.78, 5) is 10.2. The van der Waals surface area contributed by atoms with Gasteiger partial charge in [0.1, 0.15) is 6.10 Å². The number of guanidine groups is 1. The van der Waals surface area contributed by atoms with Crippen LogP contribution in [0, 0.1) is 5.41 Å². The molecule has 0 spiro atoms. The highest BCUT2D eigenvalue weighted by atomic mass is 16.5. The van der Waals surface area contributed by atoms with Gasteiger partial charge in [0.05, 0.1) is 32.6 Å². The smallest absolute Gasteiger partial charge is 0.194 e. The number of hydrogen-bond acceptors (Lipinski definition) is 5. The minimum atomic E-state index is 0.0447. The van der Waals surface area contributed by atoms with Gasteiger partial charge >= 0.3 is 0 Å². The highest BCUT2D eigenvalue weighted by Gasteiger charge is 2.35. The second-order valence-electron chi connectivity index (χ2n) is 9.37. The Kier molecular flexibility index (Phi) is 7.85. The van der Waals surface area contributed by atoms with Gasteiger partial charge in [-0.1, -0.05) is 19.3 Å². The summed E-state index contributed by atoms with van der Waals surface area (Å²) < 4.78 is 13.5. The van der Waals surface area contributed by atoms with Gasteiger partial charge in [0, 0.05) is 63.5 Å². The van der Waals surface area contributed by atoms with Crippen LogP contribution in [-0.4, -0.2) is 91.2 Å². The van der Waals surface area contributed by atoms with Crippen LogP contribution in [0.2, 0.25) is 0 Å². The molecule has 1 N–H and O–H groups in total. The molecule has 1 aromatic heterocycles. The van der Waals surface area contributed by atoms with Gasteiger partial charge in [-0.3, -0.25) is 14.6 Å². The van der Waals surface area contributed by atoms with Crippen LogP contribution in [0.3, 0.4) is 0 Å². The molecule has 2 saturated heterocycles. The number of nitrogens with one attached hydrogen (secondary N) is 1. The van der Waals surface area contributed by atoms with E-state index < -0.39 is 0 Å². The molecule has 8 heteroatoms. The summed E-state index contributed by atoms with van der Waals surface area (Å²) in [6.07, 6.45) is 10.6. The number of hydrogen-bond donors (Lipinski definition) is 1.